The van der Waals surface area contributed by atoms with Crippen LogP contribution in [0.2, 0.25) is 0 Å². The van der Waals surface area contributed by atoms with Crippen molar-refractivity contribution in [2.24, 2.45) is 0 Å². The van der Waals surface area contributed by atoms with Crippen LogP contribution in [0.4, 0.5) is 4.79 Å². The lowest BCUT2D eigenvalue weighted by molar-refractivity contribution is -0.155. The van der Waals surface area contributed by atoms with Crippen molar-refractivity contribution in [3.63, 3.8) is 0 Å². The van der Waals surface area contributed by atoms with E-state index in [2.05, 4.69) is 5.32 Å². The molecule has 0 spiro atoms. The summed E-state index contributed by atoms with van der Waals surface area (Å²) in [6, 6.07) is 20.2. The normalized spacial score (nSPS) is 19.3. The SMILES string of the molecule is CC/C=C/[C@@H](NC(=O)OCc1ccccc1)[C@H]1OC(C)(C)O[C@@H]1[C@@H](COS(=O)(=O)c1ccc(C)cc1)OS(=O)(=O)c1ccc(C)cc1. The van der Waals surface area contributed by atoms with Crippen molar-refractivity contribution < 1.29 is 44.2 Å². The maximum absolute atomic E-state index is 13.5. The van der Waals surface area contributed by atoms with Crippen molar-refractivity contribution in [2.75, 3.05) is 6.61 Å². The van der Waals surface area contributed by atoms with E-state index in [4.69, 9.17) is 22.6 Å². The van der Waals surface area contributed by atoms with Crippen molar-refractivity contribution in [1.29, 1.82) is 0 Å². The third-order valence-electron chi connectivity index (χ3n) is 7.22. The van der Waals surface area contributed by atoms with E-state index in [-0.39, 0.29) is 16.4 Å². The Labute approximate surface area is 277 Å². The van der Waals surface area contributed by atoms with E-state index in [1.807, 2.05) is 51.1 Å². The van der Waals surface area contributed by atoms with Crippen LogP contribution < -0.4 is 5.32 Å². The van der Waals surface area contributed by atoms with Gasteiger partial charge in [-0.15, -0.1) is 0 Å². The first-order chi connectivity index (χ1) is 22.2. The molecule has 1 amide bonds. The Morgan fingerprint density at radius 2 is 1.40 bits per heavy atom. The molecule has 1 saturated heterocycles. The molecule has 0 saturated carbocycles. The van der Waals surface area contributed by atoms with Crippen LogP contribution in [0.3, 0.4) is 0 Å². The zero-order valence-corrected chi connectivity index (χ0v) is 28.6. The highest BCUT2D eigenvalue weighted by Crippen LogP contribution is 2.35. The minimum Gasteiger partial charge on any atom is -0.445 e. The predicted molar refractivity (Wildman–Crippen MR) is 174 cm³/mol. The van der Waals surface area contributed by atoms with E-state index in [0.29, 0.717) is 6.42 Å². The van der Waals surface area contributed by atoms with Crippen LogP contribution in [-0.4, -0.2) is 59.7 Å². The summed E-state index contributed by atoms with van der Waals surface area (Å²) in [5.74, 6) is -1.28. The first kappa shape index (κ1) is 36.2. The molecule has 1 aliphatic heterocycles. The highest BCUT2D eigenvalue weighted by Gasteiger charge is 2.50. The molecule has 47 heavy (non-hydrogen) atoms. The lowest BCUT2D eigenvalue weighted by Gasteiger charge is -2.29. The molecule has 0 unspecified atom stereocenters. The zero-order valence-electron chi connectivity index (χ0n) is 27.0. The molecule has 0 bridgehead atoms. The number of ether oxygens (including phenoxy) is 3. The molecule has 3 aromatic rings. The van der Waals surface area contributed by atoms with Crippen LogP contribution in [0.1, 0.15) is 43.9 Å². The quantitative estimate of drug-likeness (QED) is 0.169. The summed E-state index contributed by atoms with van der Waals surface area (Å²) in [5.41, 5.74) is 2.46. The molecule has 4 rings (SSSR count). The molecule has 1 fully saturated rings. The summed E-state index contributed by atoms with van der Waals surface area (Å²) >= 11 is 0. The van der Waals surface area contributed by atoms with Gasteiger partial charge in [-0.2, -0.15) is 16.8 Å². The third-order valence-corrected chi connectivity index (χ3v) is 9.86. The highest BCUT2D eigenvalue weighted by molar-refractivity contribution is 7.87. The number of aryl methyl sites for hydroxylation is 2. The van der Waals surface area contributed by atoms with Gasteiger partial charge in [0.25, 0.3) is 20.2 Å². The van der Waals surface area contributed by atoms with Crippen molar-refractivity contribution in [3.8, 4) is 0 Å². The topological polar surface area (TPSA) is 144 Å². The van der Waals surface area contributed by atoms with Crippen LogP contribution >= 0.6 is 0 Å². The molecule has 4 atom stereocenters. The fourth-order valence-corrected chi connectivity index (χ4v) is 6.83. The Kier molecular flexibility index (Phi) is 12.0. The second-order valence-corrected chi connectivity index (χ2v) is 14.8. The first-order valence-corrected chi connectivity index (χ1v) is 18.0. The highest BCUT2D eigenvalue weighted by atomic mass is 32.2. The second kappa shape index (κ2) is 15.5. The van der Waals surface area contributed by atoms with E-state index in [0.717, 1.165) is 16.7 Å². The number of carbonyl (C=O) groups is 1. The summed E-state index contributed by atoms with van der Waals surface area (Å²) in [7, 11) is -8.79. The van der Waals surface area contributed by atoms with E-state index in [1.165, 1.54) is 24.3 Å². The van der Waals surface area contributed by atoms with Gasteiger partial charge in [-0.05, 0) is 63.9 Å². The maximum Gasteiger partial charge on any atom is 0.408 e. The van der Waals surface area contributed by atoms with Gasteiger partial charge in [-0.3, -0.25) is 8.37 Å². The summed E-state index contributed by atoms with van der Waals surface area (Å²) in [6.07, 6.45) is -0.492. The van der Waals surface area contributed by atoms with Crippen molar-refractivity contribution in [3.05, 3.63) is 108 Å². The van der Waals surface area contributed by atoms with Crippen LogP contribution in [-0.2, 0) is 49.4 Å². The molecule has 3 aromatic carbocycles. The molecule has 254 valence electrons. The number of alkyl carbamates (subject to hydrolysis) is 1. The second-order valence-electron chi connectivity index (χ2n) is 11.6. The van der Waals surface area contributed by atoms with Gasteiger partial charge in [0.2, 0.25) is 0 Å². The molecular weight excluding hydrogens is 647 g/mol. The molecule has 0 aliphatic carbocycles. The Bertz CT molecular complexity index is 1720. The number of amides is 1. The van der Waals surface area contributed by atoms with Gasteiger partial charge in [-0.1, -0.05) is 84.8 Å². The number of nitrogens with one attached hydrogen (secondary N) is 1. The largest absolute Gasteiger partial charge is 0.445 e. The Morgan fingerprint density at radius 3 is 1.98 bits per heavy atom. The maximum atomic E-state index is 13.5. The van der Waals surface area contributed by atoms with Gasteiger partial charge in [0.1, 0.15) is 24.9 Å². The minimum atomic E-state index is -4.46. The summed E-state index contributed by atoms with van der Waals surface area (Å²) < 4.78 is 82.3. The lowest BCUT2D eigenvalue weighted by atomic mass is 10.0. The van der Waals surface area contributed by atoms with Gasteiger partial charge >= 0.3 is 6.09 Å². The number of hydrogen-bond acceptors (Lipinski definition) is 10. The fourth-order valence-electron chi connectivity index (χ4n) is 4.84. The number of rotatable bonds is 14. The van der Waals surface area contributed by atoms with Gasteiger partial charge in [-0.25, -0.2) is 4.79 Å². The van der Waals surface area contributed by atoms with Gasteiger partial charge in [0, 0.05) is 0 Å². The molecule has 1 N–H and O–H groups in total. The Hall–Kier alpha value is -3.59. The minimum absolute atomic E-state index is 0.0130. The molecule has 13 heteroatoms. The standard InChI is InChI=1S/C34H41NO10S2/c1-6-7-13-29(35-33(36)41-22-26-11-9-8-10-12-26)31-32(44-34(4,5)43-31)30(45-47(39,40)28-20-16-25(3)17-21-28)23-42-46(37,38)27-18-14-24(2)15-19-27/h7-21,29-32H,6,22-23H2,1-5H3,(H,35,36)/b13-7+/t29-,30-,31-,32-/m1/s1. The monoisotopic (exact) mass is 687 g/mol. The average molecular weight is 688 g/mol. The molecule has 1 heterocycles. The third kappa shape index (κ3) is 10.2. The van der Waals surface area contributed by atoms with Crippen molar-refractivity contribution >= 4 is 26.3 Å². The van der Waals surface area contributed by atoms with E-state index in [9.17, 15) is 21.6 Å². The molecule has 1 aliphatic rings. The van der Waals surface area contributed by atoms with Crippen LogP contribution in [0.5, 0.6) is 0 Å². The Morgan fingerprint density at radius 1 is 0.851 bits per heavy atom. The fraction of sp³-hybridized carbons (Fsp3) is 0.382. The number of allylic oxidation sites excluding steroid dienone is 1. The number of hydrogen-bond donors (Lipinski definition) is 1. The molecule has 0 radical (unpaired) electrons. The van der Waals surface area contributed by atoms with E-state index < -0.39 is 63.1 Å². The summed E-state index contributed by atoms with van der Waals surface area (Å²) in [5, 5.41) is 2.77. The number of carbonyl (C=O) groups excluding carboxylic acids is 1. The van der Waals surface area contributed by atoms with Crippen LogP contribution in [0.15, 0.2) is 101 Å². The summed E-state index contributed by atoms with van der Waals surface area (Å²) in [4.78, 5) is 12.7. The summed E-state index contributed by atoms with van der Waals surface area (Å²) in [6.45, 7) is 8.02. The van der Waals surface area contributed by atoms with Gasteiger partial charge in [0.15, 0.2) is 5.79 Å². The first-order valence-electron chi connectivity index (χ1n) is 15.1. The van der Waals surface area contributed by atoms with Crippen molar-refractivity contribution in [1.82, 2.24) is 5.32 Å². The smallest absolute Gasteiger partial charge is 0.408 e. The van der Waals surface area contributed by atoms with Crippen LogP contribution in [0.25, 0.3) is 0 Å². The average Bonchev–Trinajstić information content (AvgIpc) is 3.36. The lowest BCUT2D eigenvalue weighted by Crippen LogP contribution is -2.51. The number of benzene rings is 3. The van der Waals surface area contributed by atoms with Gasteiger partial charge in [0.05, 0.1) is 22.4 Å². The molecule has 11 nitrogen and oxygen atoms in total. The van der Waals surface area contributed by atoms with E-state index in [1.54, 1.807) is 50.3 Å². The van der Waals surface area contributed by atoms with E-state index >= 15 is 0 Å². The van der Waals surface area contributed by atoms with Gasteiger partial charge < -0.3 is 19.5 Å². The predicted octanol–water partition coefficient (Wildman–Crippen LogP) is 5.56. The zero-order chi connectivity index (χ0) is 34.2. The molecular formula is C34H41NO10S2. The molecule has 0 aromatic heterocycles. The Balaban J connectivity index is 1.65. The van der Waals surface area contributed by atoms with Crippen molar-refractivity contribution in [2.45, 2.75) is 87.6 Å². The van der Waals surface area contributed by atoms with Crippen LogP contribution in [0, 0.1) is 13.8 Å².